The zero-order valence-corrected chi connectivity index (χ0v) is 11.0. The molecular weight excluding hydrogens is 212 g/mol. The van der Waals surface area contributed by atoms with Crippen LogP contribution in [0.4, 0.5) is 0 Å². The fraction of sp³-hybridized carbons (Fsp3) is 1.00. The van der Waals surface area contributed by atoms with Gasteiger partial charge in [-0.05, 0) is 55.8 Å². The molecule has 2 heterocycles. The van der Waals surface area contributed by atoms with Gasteiger partial charge in [0.25, 0.3) is 0 Å². The Morgan fingerprint density at radius 1 is 0.706 bits per heavy atom. The van der Waals surface area contributed by atoms with Crippen LogP contribution in [0.25, 0.3) is 0 Å². The average Bonchev–Trinajstić information content (AvgIpc) is 3.21. The Morgan fingerprint density at radius 2 is 1.18 bits per heavy atom. The maximum atomic E-state index is 5.70. The summed E-state index contributed by atoms with van der Waals surface area (Å²) in [7, 11) is 0. The molecule has 0 spiro atoms. The van der Waals surface area contributed by atoms with E-state index in [-0.39, 0.29) is 0 Å². The highest BCUT2D eigenvalue weighted by molar-refractivity contribution is 5.01. The lowest BCUT2D eigenvalue weighted by Gasteiger charge is -2.43. The van der Waals surface area contributed by atoms with Gasteiger partial charge in [-0.2, -0.15) is 0 Å². The van der Waals surface area contributed by atoms with E-state index in [0.29, 0.717) is 29.8 Å². The molecule has 4 fully saturated rings. The topological polar surface area (TPSA) is 25.1 Å². The molecule has 0 aromatic heterocycles. The lowest BCUT2D eigenvalue weighted by atomic mass is 9.61. The van der Waals surface area contributed by atoms with Gasteiger partial charge in [0.15, 0.2) is 0 Å². The first-order valence-corrected chi connectivity index (χ1v) is 7.45. The third-order valence-electron chi connectivity index (χ3n) is 6.11. The van der Waals surface area contributed by atoms with Gasteiger partial charge in [-0.3, -0.25) is 0 Å². The van der Waals surface area contributed by atoms with Gasteiger partial charge in [0.1, 0.15) is 0 Å². The van der Waals surface area contributed by atoms with Crippen molar-refractivity contribution in [1.82, 2.24) is 0 Å². The summed E-state index contributed by atoms with van der Waals surface area (Å²) in [5.74, 6) is 1.76. The van der Waals surface area contributed by atoms with Gasteiger partial charge in [0.2, 0.25) is 0 Å². The number of fused-ring (bicyclic) bond motifs is 2. The molecule has 0 aromatic carbocycles. The number of hydrogen-bond donors (Lipinski definition) is 0. The Balaban J connectivity index is 1.45. The summed E-state index contributed by atoms with van der Waals surface area (Å²) in [6.45, 7) is 5.02. The van der Waals surface area contributed by atoms with E-state index in [4.69, 9.17) is 9.47 Å². The Bertz CT molecular complexity index is 295. The number of hydrogen-bond acceptors (Lipinski definition) is 2. The molecule has 4 aliphatic rings. The molecule has 2 nitrogen and oxygen atoms in total. The molecule has 6 unspecified atom stereocenters. The molecule has 0 radical (unpaired) electrons. The van der Waals surface area contributed by atoms with Crippen LogP contribution in [0.3, 0.4) is 0 Å². The molecule has 6 atom stereocenters. The maximum absolute atomic E-state index is 5.70. The monoisotopic (exact) mass is 236 g/mol. The van der Waals surface area contributed by atoms with Crippen LogP contribution in [0.1, 0.15) is 52.4 Å². The van der Waals surface area contributed by atoms with Gasteiger partial charge in [0.05, 0.1) is 24.4 Å². The molecule has 2 aliphatic heterocycles. The lowest BCUT2D eigenvalue weighted by molar-refractivity contribution is 0.0678. The summed E-state index contributed by atoms with van der Waals surface area (Å²) in [6, 6.07) is 0. The van der Waals surface area contributed by atoms with E-state index in [1.165, 1.54) is 38.5 Å². The smallest absolute Gasteiger partial charge is 0.0844 e. The highest BCUT2D eigenvalue weighted by atomic mass is 16.6. The third kappa shape index (κ3) is 1.76. The predicted octanol–water partition coefficient (Wildman–Crippen LogP) is 3.15. The van der Waals surface area contributed by atoms with Crippen molar-refractivity contribution in [3.8, 4) is 0 Å². The van der Waals surface area contributed by atoms with Crippen molar-refractivity contribution in [3.63, 3.8) is 0 Å². The lowest BCUT2D eigenvalue weighted by Crippen LogP contribution is -2.37. The molecule has 2 saturated carbocycles. The quantitative estimate of drug-likeness (QED) is 0.688. The molecule has 0 aromatic rings. The second kappa shape index (κ2) is 3.48. The zero-order valence-electron chi connectivity index (χ0n) is 11.0. The van der Waals surface area contributed by atoms with E-state index in [2.05, 4.69) is 13.8 Å². The van der Waals surface area contributed by atoms with Crippen molar-refractivity contribution in [1.29, 1.82) is 0 Å². The Morgan fingerprint density at radius 3 is 1.59 bits per heavy atom. The average molecular weight is 236 g/mol. The maximum Gasteiger partial charge on any atom is 0.0844 e. The Kier molecular flexibility index (Phi) is 2.21. The summed E-state index contributed by atoms with van der Waals surface area (Å²) in [4.78, 5) is 0. The summed E-state index contributed by atoms with van der Waals surface area (Å²) in [6.07, 6.45) is 10.6. The summed E-state index contributed by atoms with van der Waals surface area (Å²) >= 11 is 0. The van der Waals surface area contributed by atoms with E-state index in [9.17, 15) is 0 Å². The molecule has 4 rings (SSSR count). The first-order chi connectivity index (χ1) is 8.14. The van der Waals surface area contributed by atoms with Gasteiger partial charge in [0, 0.05) is 0 Å². The van der Waals surface area contributed by atoms with Crippen LogP contribution in [0.2, 0.25) is 0 Å². The molecular formula is C15H24O2. The van der Waals surface area contributed by atoms with Crippen molar-refractivity contribution in [2.75, 3.05) is 0 Å². The van der Waals surface area contributed by atoms with Crippen LogP contribution < -0.4 is 0 Å². The van der Waals surface area contributed by atoms with Crippen LogP contribution in [-0.2, 0) is 9.47 Å². The van der Waals surface area contributed by atoms with E-state index < -0.39 is 0 Å². The molecule has 96 valence electrons. The standard InChI is InChI=1S/C15H24O2/c1-15(2,9-3-5-11-13(7-9)16-11)10-4-6-12-14(8-10)17-12/h9-14H,3-8H2,1-2H3. The van der Waals surface area contributed by atoms with E-state index >= 15 is 0 Å². The summed E-state index contributed by atoms with van der Waals surface area (Å²) in [5, 5.41) is 0. The van der Waals surface area contributed by atoms with Crippen LogP contribution in [-0.4, -0.2) is 24.4 Å². The van der Waals surface area contributed by atoms with Gasteiger partial charge >= 0.3 is 0 Å². The molecule has 0 bridgehead atoms. The minimum absolute atomic E-state index is 0.494. The van der Waals surface area contributed by atoms with Gasteiger partial charge in [-0.25, -0.2) is 0 Å². The molecule has 2 aliphatic carbocycles. The van der Waals surface area contributed by atoms with E-state index in [0.717, 1.165) is 11.8 Å². The number of rotatable bonds is 2. The fourth-order valence-corrected chi connectivity index (χ4v) is 4.49. The van der Waals surface area contributed by atoms with Crippen LogP contribution in [0.15, 0.2) is 0 Å². The molecule has 2 saturated heterocycles. The van der Waals surface area contributed by atoms with Crippen molar-refractivity contribution in [3.05, 3.63) is 0 Å². The van der Waals surface area contributed by atoms with Crippen molar-refractivity contribution >= 4 is 0 Å². The van der Waals surface area contributed by atoms with Gasteiger partial charge in [-0.15, -0.1) is 0 Å². The van der Waals surface area contributed by atoms with Crippen LogP contribution in [0, 0.1) is 17.3 Å². The minimum Gasteiger partial charge on any atom is -0.370 e. The highest BCUT2D eigenvalue weighted by Crippen LogP contribution is 2.54. The zero-order chi connectivity index (χ0) is 11.6. The molecule has 2 heteroatoms. The largest absolute Gasteiger partial charge is 0.370 e. The predicted molar refractivity (Wildman–Crippen MR) is 65.8 cm³/mol. The van der Waals surface area contributed by atoms with Crippen LogP contribution in [0.5, 0.6) is 0 Å². The molecule has 0 N–H and O–H groups in total. The summed E-state index contributed by atoms with van der Waals surface area (Å²) in [5.41, 5.74) is 0.494. The van der Waals surface area contributed by atoms with Crippen molar-refractivity contribution in [2.45, 2.75) is 76.8 Å². The number of ether oxygens (including phenoxy) is 2. The van der Waals surface area contributed by atoms with Crippen molar-refractivity contribution in [2.24, 2.45) is 17.3 Å². The first kappa shape index (κ1) is 10.8. The number of epoxide rings is 2. The first-order valence-electron chi connectivity index (χ1n) is 7.45. The highest BCUT2D eigenvalue weighted by Gasteiger charge is 2.52. The fourth-order valence-electron chi connectivity index (χ4n) is 4.49. The van der Waals surface area contributed by atoms with Gasteiger partial charge < -0.3 is 9.47 Å². The molecule has 0 amide bonds. The second-order valence-corrected chi connectivity index (χ2v) is 7.27. The van der Waals surface area contributed by atoms with Crippen LogP contribution >= 0.6 is 0 Å². The van der Waals surface area contributed by atoms with Gasteiger partial charge in [-0.1, -0.05) is 13.8 Å². The SMILES string of the molecule is CC(C)(C1CCC2OC2C1)C1CCC2OC2C1. The third-order valence-corrected chi connectivity index (χ3v) is 6.11. The minimum atomic E-state index is 0.494. The normalized spacial score (nSPS) is 52.6. The Hall–Kier alpha value is -0.0800. The van der Waals surface area contributed by atoms with E-state index in [1.807, 2.05) is 0 Å². The Labute approximate surface area is 104 Å². The molecule has 17 heavy (non-hydrogen) atoms. The summed E-state index contributed by atoms with van der Waals surface area (Å²) < 4.78 is 11.4. The second-order valence-electron chi connectivity index (χ2n) is 7.27. The van der Waals surface area contributed by atoms with Crippen molar-refractivity contribution < 1.29 is 9.47 Å². The van der Waals surface area contributed by atoms with E-state index in [1.54, 1.807) is 0 Å².